The lowest BCUT2D eigenvalue weighted by Gasteiger charge is -2.06. The van der Waals surface area contributed by atoms with Crippen molar-refractivity contribution >= 4 is 56.7 Å². The van der Waals surface area contributed by atoms with E-state index in [0.29, 0.717) is 16.5 Å². The van der Waals surface area contributed by atoms with Crippen molar-refractivity contribution in [1.82, 2.24) is 15.2 Å². The summed E-state index contributed by atoms with van der Waals surface area (Å²) in [7, 11) is 0. The van der Waals surface area contributed by atoms with Gasteiger partial charge in [-0.3, -0.25) is 10.1 Å². The summed E-state index contributed by atoms with van der Waals surface area (Å²) >= 11 is 14.5. The number of fused-ring (bicyclic) bond motifs is 1. The molecule has 6 heteroatoms. The van der Waals surface area contributed by atoms with E-state index in [-0.39, 0.29) is 0 Å². The van der Waals surface area contributed by atoms with Crippen LogP contribution >= 0.6 is 45.8 Å². The van der Waals surface area contributed by atoms with E-state index in [1.165, 1.54) is 0 Å². The zero-order valence-corrected chi connectivity index (χ0v) is 13.3. The first-order chi connectivity index (χ1) is 9.15. The lowest BCUT2D eigenvalue weighted by molar-refractivity contribution is 1.09. The lowest BCUT2D eigenvalue weighted by Crippen LogP contribution is -1.92. The second-order valence-electron chi connectivity index (χ2n) is 4.15. The van der Waals surface area contributed by atoms with Crippen LogP contribution in [0.5, 0.6) is 0 Å². The van der Waals surface area contributed by atoms with Crippen LogP contribution in [0.25, 0.3) is 10.9 Å². The highest BCUT2D eigenvalue weighted by Crippen LogP contribution is 2.27. The Morgan fingerprint density at radius 2 is 1.89 bits per heavy atom. The minimum Gasteiger partial charge on any atom is -0.271 e. The van der Waals surface area contributed by atoms with Gasteiger partial charge in [0.1, 0.15) is 3.70 Å². The highest BCUT2D eigenvalue weighted by molar-refractivity contribution is 14.1. The normalized spacial score (nSPS) is 11.1. The predicted octanol–water partition coefficient (Wildman–Crippen LogP) is 4.46. The van der Waals surface area contributed by atoms with Crippen LogP contribution in [0.4, 0.5) is 0 Å². The minimum absolute atomic E-state index is 0.587. The van der Waals surface area contributed by atoms with Crippen LogP contribution in [0.15, 0.2) is 30.6 Å². The summed E-state index contributed by atoms with van der Waals surface area (Å²) in [4.78, 5) is 3.96. The molecule has 19 heavy (non-hydrogen) atoms. The Kier molecular flexibility index (Phi) is 3.64. The molecule has 0 atom stereocenters. The van der Waals surface area contributed by atoms with E-state index in [1.54, 1.807) is 12.4 Å². The smallest absolute Gasteiger partial charge is 0.104 e. The second-order valence-corrected chi connectivity index (χ2v) is 6.04. The summed E-state index contributed by atoms with van der Waals surface area (Å²) in [6.07, 6.45) is 3.89. The average Bonchev–Trinajstić information content (AvgIpc) is 2.76. The van der Waals surface area contributed by atoms with Gasteiger partial charge in [-0.25, -0.2) is 0 Å². The number of aromatic nitrogens is 3. The van der Waals surface area contributed by atoms with Crippen LogP contribution in [-0.2, 0) is 6.42 Å². The fraction of sp³-hybridized carbons (Fsp3) is 0.0769. The van der Waals surface area contributed by atoms with Gasteiger partial charge in [-0.2, -0.15) is 5.10 Å². The molecule has 0 saturated heterocycles. The van der Waals surface area contributed by atoms with Gasteiger partial charge in [0.05, 0.1) is 15.6 Å². The van der Waals surface area contributed by atoms with Gasteiger partial charge in [0, 0.05) is 24.2 Å². The number of benzene rings is 1. The molecule has 1 N–H and O–H groups in total. The van der Waals surface area contributed by atoms with Crippen molar-refractivity contribution < 1.29 is 0 Å². The van der Waals surface area contributed by atoms with Gasteiger partial charge in [-0.05, 0) is 45.9 Å². The Morgan fingerprint density at radius 1 is 1.16 bits per heavy atom. The molecule has 3 rings (SSSR count). The Balaban J connectivity index is 2.01. The summed E-state index contributed by atoms with van der Waals surface area (Å²) < 4.78 is 1.04. The first-order valence-corrected chi connectivity index (χ1v) is 7.39. The fourth-order valence-electron chi connectivity index (χ4n) is 1.95. The zero-order valence-electron chi connectivity index (χ0n) is 9.62. The lowest BCUT2D eigenvalue weighted by atomic mass is 10.0. The molecule has 2 aromatic heterocycles. The molecule has 3 aromatic rings. The number of rotatable bonds is 2. The highest BCUT2D eigenvalue weighted by atomic mass is 127. The highest BCUT2D eigenvalue weighted by Gasteiger charge is 2.09. The van der Waals surface area contributed by atoms with Crippen LogP contribution < -0.4 is 0 Å². The Morgan fingerprint density at radius 3 is 2.63 bits per heavy atom. The molecule has 0 saturated carbocycles. The molecule has 2 heterocycles. The van der Waals surface area contributed by atoms with Crippen molar-refractivity contribution in [3.8, 4) is 0 Å². The fourth-order valence-corrected chi connectivity index (χ4v) is 3.02. The first-order valence-electron chi connectivity index (χ1n) is 5.55. The van der Waals surface area contributed by atoms with Gasteiger partial charge in [0.25, 0.3) is 0 Å². The van der Waals surface area contributed by atoms with Gasteiger partial charge < -0.3 is 0 Å². The molecule has 0 amide bonds. The van der Waals surface area contributed by atoms with Crippen molar-refractivity contribution in [3.63, 3.8) is 0 Å². The molecule has 0 radical (unpaired) electrons. The molecular weight excluding hydrogens is 396 g/mol. The zero-order chi connectivity index (χ0) is 13.4. The van der Waals surface area contributed by atoms with Gasteiger partial charge in [0.15, 0.2) is 0 Å². The molecule has 1 aromatic carbocycles. The summed E-state index contributed by atoms with van der Waals surface area (Å²) in [5.74, 6) is 0. The topological polar surface area (TPSA) is 41.6 Å². The molecule has 0 aliphatic rings. The van der Waals surface area contributed by atoms with Crippen molar-refractivity contribution in [2.75, 3.05) is 0 Å². The standard InChI is InChI=1S/C13H8Cl2IN3/c14-10-5-17-6-11(15)9(10)3-7-1-2-8-12(4-7)18-19-13(8)16/h1-2,4-6H,3H2,(H,18,19). The number of pyridine rings is 1. The van der Waals surface area contributed by atoms with Crippen molar-refractivity contribution in [1.29, 1.82) is 0 Å². The molecule has 0 bridgehead atoms. The Bertz CT molecular complexity index is 734. The van der Waals surface area contributed by atoms with Crippen molar-refractivity contribution in [2.45, 2.75) is 6.42 Å². The summed E-state index contributed by atoms with van der Waals surface area (Å²) in [6.45, 7) is 0. The summed E-state index contributed by atoms with van der Waals surface area (Å²) in [6, 6.07) is 6.16. The Hall–Kier alpha value is -0.850. The number of hydrogen-bond donors (Lipinski definition) is 1. The van der Waals surface area contributed by atoms with E-state index in [1.807, 2.05) is 6.07 Å². The number of nitrogens with zero attached hydrogens (tertiary/aromatic N) is 2. The average molecular weight is 404 g/mol. The summed E-state index contributed by atoms with van der Waals surface area (Å²) in [5.41, 5.74) is 2.96. The molecule has 3 nitrogen and oxygen atoms in total. The predicted molar refractivity (Wildman–Crippen MR) is 85.9 cm³/mol. The van der Waals surface area contributed by atoms with E-state index in [0.717, 1.165) is 25.7 Å². The number of hydrogen-bond acceptors (Lipinski definition) is 2. The second kappa shape index (κ2) is 5.26. The third kappa shape index (κ3) is 2.57. The molecular formula is C13H8Cl2IN3. The molecule has 0 aliphatic heterocycles. The minimum atomic E-state index is 0.587. The van der Waals surface area contributed by atoms with Crippen LogP contribution in [0.3, 0.4) is 0 Å². The maximum Gasteiger partial charge on any atom is 0.104 e. The van der Waals surface area contributed by atoms with Crippen molar-refractivity contribution in [2.24, 2.45) is 0 Å². The number of H-pyrrole nitrogens is 1. The van der Waals surface area contributed by atoms with E-state index in [4.69, 9.17) is 23.2 Å². The van der Waals surface area contributed by atoms with Gasteiger partial charge in [-0.15, -0.1) is 0 Å². The van der Waals surface area contributed by atoms with Gasteiger partial charge in [0.2, 0.25) is 0 Å². The molecule has 0 spiro atoms. The monoisotopic (exact) mass is 403 g/mol. The van der Waals surface area contributed by atoms with Crippen LogP contribution in [-0.4, -0.2) is 15.2 Å². The van der Waals surface area contributed by atoms with Gasteiger partial charge in [-0.1, -0.05) is 29.3 Å². The van der Waals surface area contributed by atoms with E-state index in [9.17, 15) is 0 Å². The Labute approximate surface area is 133 Å². The van der Waals surface area contributed by atoms with Crippen LogP contribution in [0, 0.1) is 3.70 Å². The maximum absolute atomic E-state index is 6.13. The van der Waals surface area contributed by atoms with Crippen molar-refractivity contribution in [3.05, 3.63) is 55.5 Å². The third-order valence-electron chi connectivity index (χ3n) is 2.91. The molecule has 0 aliphatic carbocycles. The summed E-state index contributed by atoms with van der Waals surface area (Å²) in [5, 5.41) is 9.52. The SMILES string of the molecule is Clc1cncc(Cl)c1Cc1ccc2c(I)[nH]nc2c1. The number of nitrogens with one attached hydrogen (secondary N) is 1. The number of aromatic amines is 1. The molecule has 96 valence electrons. The first kappa shape index (κ1) is 13.1. The maximum atomic E-state index is 6.13. The largest absolute Gasteiger partial charge is 0.271 e. The van der Waals surface area contributed by atoms with Crippen LogP contribution in [0.2, 0.25) is 10.0 Å². The number of halogens is 3. The molecule has 0 fully saturated rings. The quantitative estimate of drug-likeness (QED) is 0.642. The van der Waals surface area contributed by atoms with E-state index < -0.39 is 0 Å². The van der Waals surface area contributed by atoms with Gasteiger partial charge >= 0.3 is 0 Å². The third-order valence-corrected chi connectivity index (χ3v) is 4.38. The van der Waals surface area contributed by atoms with E-state index in [2.05, 4.69) is 49.9 Å². The molecule has 0 unspecified atom stereocenters. The van der Waals surface area contributed by atoms with E-state index >= 15 is 0 Å². The van der Waals surface area contributed by atoms with Crippen LogP contribution in [0.1, 0.15) is 11.1 Å².